The molecule has 8 nitrogen and oxygen atoms in total. The lowest BCUT2D eigenvalue weighted by Crippen LogP contribution is -2.31. The standard InChI is InChI=1S/C16H14N2O3.C4H3NO2S/c19-15-13-8-4-5-9-14(13)16(20)18(17-15)10-11-21-12-6-2-1-3-7-12;1-2-3(6)5-4(7)8-2/h1-9H,10-11H2,(H,17,19);1H2,(H,5,6,7). The Morgan fingerprint density at radius 1 is 0.931 bits per heavy atom. The van der Waals surface area contributed by atoms with Gasteiger partial charge in [-0.25, -0.2) is 4.68 Å². The van der Waals surface area contributed by atoms with Gasteiger partial charge in [-0.3, -0.25) is 29.6 Å². The molecular weight excluding hydrogens is 394 g/mol. The Balaban J connectivity index is 0.000000252. The number of aromatic amines is 1. The second kappa shape index (κ2) is 9.07. The first-order valence-corrected chi connectivity index (χ1v) is 9.39. The van der Waals surface area contributed by atoms with Crippen molar-refractivity contribution in [2.75, 3.05) is 6.61 Å². The minimum absolute atomic E-state index is 0.220. The van der Waals surface area contributed by atoms with Gasteiger partial charge < -0.3 is 4.74 Å². The lowest BCUT2D eigenvalue weighted by Gasteiger charge is -2.08. The van der Waals surface area contributed by atoms with Gasteiger partial charge in [-0.1, -0.05) is 36.9 Å². The first kappa shape index (κ1) is 20.2. The van der Waals surface area contributed by atoms with Gasteiger partial charge in [0.25, 0.3) is 22.3 Å². The first-order chi connectivity index (χ1) is 14.0. The highest BCUT2D eigenvalue weighted by Gasteiger charge is 2.22. The molecule has 4 rings (SSSR count). The van der Waals surface area contributed by atoms with E-state index in [0.29, 0.717) is 17.4 Å². The van der Waals surface area contributed by atoms with Gasteiger partial charge in [-0.05, 0) is 36.0 Å². The van der Waals surface area contributed by atoms with E-state index in [-0.39, 0.29) is 33.7 Å². The molecule has 2 N–H and O–H groups in total. The lowest BCUT2D eigenvalue weighted by atomic mass is 10.2. The smallest absolute Gasteiger partial charge is 0.290 e. The van der Waals surface area contributed by atoms with Gasteiger partial charge in [0, 0.05) is 0 Å². The van der Waals surface area contributed by atoms with Crippen LogP contribution in [0.15, 0.2) is 75.7 Å². The third kappa shape index (κ3) is 5.02. The number of fused-ring (bicyclic) bond motifs is 1. The molecule has 1 aliphatic heterocycles. The van der Waals surface area contributed by atoms with Crippen LogP contribution in [0, 0.1) is 0 Å². The highest BCUT2D eigenvalue weighted by Crippen LogP contribution is 2.19. The molecule has 148 valence electrons. The SMILES string of the molecule is C=C1SC(=O)NC1=O.O=c1[nH]n(CCOc2ccccc2)c(=O)c2ccccc12. The number of imide groups is 1. The summed E-state index contributed by atoms with van der Waals surface area (Å²) in [5.41, 5.74) is -0.494. The fraction of sp³-hybridized carbons (Fsp3) is 0.100. The molecule has 0 saturated carbocycles. The normalized spacial score (nSPS) is 13.0. The van der Waals surface area contributed by atoms with Crippen LogP contribution in [0.5, 0.6) is 5.75 Å². The predicted molar refractivity (Wildman–Crippen MR) is 111 cm³/mol. The summed E-state index contributed by atoms with van der Waals surface area (Å²) in [7, 11) is 0. The molecule has 0 spiro atoms. The van der Waals surface area contributed by atoms with E-state index < -0.39 is 0 Å². The summed E-state index contributed by atoms with van der Waals surface area (Å²) in [4.78, 5) is 45.0. The third-order valence-corrected chi connectivity index (χ3v) is 4.61. The molecule has 29 heavy (non-hydrogen) atoms. The summed E-state index contributed by atoms with van der Waals surface area (Å²) in [6.45, 7) is 3.90. The van der Waals surface area contributed by atoms with Crippen LogP contribution in [0.25, 0.3) is 10.8 Å². The van der Waals surface area contributed by atoms with Crippen molar-refractivity contribution in [2.24, 2.45) is 0 Å². The van der Waals surface area contributed by atoms with Crippen LogP contribution in [0.1, 0.15) is 0 Å². The molecule has 0 radical (unpaired) electrons. The molecule has 0 atom stereocenters. The van der Waals surface area contributed by atoms with Crippen LogP contribution < -0.4 is 21.2 Å². The van der Waals surface area contributed by atoms with E-state index in [4.69, 9.17) is 4.74 Å². The van der Waals surface area contributed by atoms with Crippen LogP contribution in [0.3, 0.4) is 0 Å². The van der Waals surface area contributed by atoms with Gasteiger partial charge in [-0.2, -0.15) is 0 Å². The van der Waals surface area contributed by atoms with E-state index >= 15 is 0 Å². The van der Waals surface area contributed by atoms with Gasteiger partial charge in [0.05, 0.1) is 22.2 Å². The van der Waals surface area contributed by atoms with E-state index in [1.54, 1.807) is 24.3 Å². The summed E-state index contributed by atoms with van der Waals surface area (Å²) >= 11 is 0.834. The summed E-state index contributed by atoms with van der Waals surface area (Å²) in [6, 6.07) is 16.1. The molecule has 9 heteroatoms. The van der Waals surface area contributed by atoms with Crippen molar-refractivity contribution >= 4 is 33.7 Å². The lowest BCUT2D eigenvalue weighted by molar-refractivity contribution is -0.115. The van der Waals surface area contributed by atoms with E-state index in [0.717, 1.165) is 17.5 Å². The summed E-state index contributed by atoms with van der Waals surface area (Å²) in [5.74, 6) is 0.355. The van der Waals surface area contributed by atoms with Crippen molar-refractivity contribution in [3.8, 4) is 5.75 Å². The van der Waals surface area contributed by atoms with Crippen LogP contribution in [0.4, 0.5) is 4.79 Å². The Kier molecular flexibility index (Phi) is 6.30. The largest absolute Gasteiger partial charge is 0.492 e. The topological polar surface area (TPSA) is 110 Å². The molecule has 2 aromatic carbocycles. The van der Waals surface area contributed by atoms with Crippen molar-refractivity contribution in [3.63, 3.8) is 0 Å². The molecule has 2 amide bonds. The molecule has 0 aliphatic carbocycles. The van der Waals surface area contributed by atoms with E-state index in [1.807, 2.05) is 30.3 Å². The Morgan fingerprint density at radius 3 is 2.17 bits per heavy atom. The second-order valence-electron chi connectivity index (χ2n) is 5.87. The molecule has 3 aromatic rings. The van der Waals surface area contributed by atoms with Crippen molar-refractivity contribution in [1.82, 2.24) is 15.1 Å². The average molecular weight is 411 g/mol. The average Bonchev–Trinajstić information content (AvgIpc) is 3.02. The first-order valence-electron chi connectivity index (χ1n) is 8.57. The van der Waals surface area contributed by atoms with Crippen molar-refractivity contribution in [3.05, 3.63) is 86.8 Å². The van der Waals surface area contributed by atoms with Crippen LogP contribution in [0.2, 0.25) is 0 Å². The van der Waals surface area contributed by atoms with E-state index in [1.165, 1.54) is 4.68 Å². The number of aromatic nitrogens is 2. The number of benzene rings is 2. The molecule has 2 heterocycles. The minimum atomic E-state index is -0.375. The number of carbonyl (C=O) groups excluding carboxylic acids is 2. The third-order valence-electron chi connectivity index (χ3n) is 3.90. The number of ether oxygens (including phenoxy) is 1. The fourth-order valence-electron chi connectivity index (χ4n) is 2.52. The van der Waals surface area contributed by atoms with Gasteiger partial charge in [0.1, 0.15) is 12.4 Å². The zero-order valence-corrected chi connectivity index (χ0v) is 16.0. The molecule has 0 unspecified atom stereocenters. The predicted octanol–water partition coefficient (Wildman–Crippen LogP) is 2.25. The molecule has 1 aromatic heterocycles. The summed E-state index contributed by atoms with van der Waals surface area (Å²) in [6.07, 6.45) is 0. The van der Waals surface area contributed by atoms with Gasteiger partial charge in [0.15, 0.2) is 0 Å². The number of nitrogens with one attached hydrogen (secondary N) is 2. The number of hydrogen-bond donors (Lipinski definition) is 2. The van der Waals surface area contributed by atoms with Crippen molar-refractivity contribution in [2.45, 2.75) is 6.54 Å². The number of rotatable bonds is 4. The number of amides is 2. The van der Waals surface area contributed by atoms with Crippen LogP contribution in [-0.4, -0.2) is 27.5 Å². The van der Waals surface area contributed by atoms with Crippen LogP contribution >= 0.6 is 11.8 Å². The van der Waals surface area contributed by atoms with Crippen molar-refractivity contribution < 1.29 is 14.3 Å². The Hall–Kier alpha value is -3.59. The number of thioether (sulfide) groups is 1. The van der Waals surface area contributed by atoms with Gasteiger partial charge >= 0.3 is 0 Å². The van der Waals surface area contributed by atoms with E-state index in [2.05, 4.69) is 17.0 Å². The zero-order chi connectivity index (χ0) is 20.8. The monoisotopic (exact) mass is 411 g/mol. The maximum Gasteiger partial charge on any atom is 0.290 e. The number of nitrogens with zero attached hydrogens (tertiary/aromatic N) is 1. The second-order valence-corrected chi connectivity index (χ2v) is 6.94. The molecule has 0 bridgehead atoms. The maximum atomic E-state index is 12.3. The Bertz CT molecular complexity index is 1170. The number of para-hydroxylation sites is 1. The molecule has 1 saturated heterocycles. The fourth-order valence-corrected chi connectivity index (χ4v) is 3.03. The van der Waals surface area contributed by atoms with E-state index in [9.17, 15) is 19.2 Å². The highest BCUT2D eigenvalue weighted by molar-refractivity contribution is 8.18. The maximum absolute atomic E-state index is 12.3. The quantitative estimate of drug-likeness (QED) is 0.637. The molecule has 1 fully saturated rings. The summed E-state index contributed by atoms with van der Waals surface area (Å²) < 4.78 is 6.82. The Morgan fingerprint density at radius 2 is 1.59 bits per heavy atom. The van der Waals surface area contributed by atoms with Crippen molar-refractivity contribution in [1.29, 1.82) is 0 Å². The molecule has 1 aliphatic rings. The minimum Gasteiger partial charge on any atom is -0.492 e. The van der Waals surface area contributed by atoms with Crippen LogP contribution in [-0.2, 0) is 11.3 Å². The number of carbonyl (C=O) groups is 2. The van der Waals surface area contributed by atoms with Gasteiger partial charge in [-0.15, -0.1) is 0 Å². The van der Waals surface area contributed by atoms with Gasteiger partial charge in [0.2, 0.25) is 0 Å². The zero-order valence-electron chi connectivity index (χ0n) is 15.2. The highest BCUT2D eigenvalue weighted by atomic mass is 32.2. The molecular formula is C20H17N3O5S. The number of hydrogen-bond acceptors (Lipinski definition) is 6. The number of H-pyrrole nitrogens is 1. The summed E-state index contributed by atoms with van der Waals surface area (Å²) in [5, 5.41) is 5.12. The Labute approximate surface area is 169 Å².